The topological polar surface area (TPSA) is 107 Å². The van der Waals surface area contributed by atoms with Crippen LogP contribution in [0.1, 0.15) is 38.3 Å². The van der Waals surface area contributed by atoms with Crippen LogP contribution >= 0.6 is 0 Å². The van der Waals surface area contributed by atoms with Crippen molar-refractivity contribution in [3.05, 3.63) is 57.9 Å². The van der Waals surface area contributed by atoms with Gasteiger partial charge in [0.25, 0.3) is 5.91 Å². The van der Waals surface area contributed by atoms with Crippen molar-refractivity contribution in [3.63, 3.8) is 0 Å². The smallest absolute Gasteiger partial charge is 0.336 e. The summed E-state index contributed by atoms with van der Waals surface area (Å²) in [5.74, 6) is 0.482. The molecule has 172 valence electrons. The van der Waals surface area contributed by atoms with Crippen molar-refractivity contribution in [2.75, 3.05) is 17.2 Å². The number of carbonyl (C=O) groups is 2. The summed E-state index contributed by atoms with van der Waals surface area (Å²) >= 11 is 0. The Hall–Kier alpha value is -3.81. The van der Waals surface area contributed by atoms with Gasteiger partial charge in [-0.25, -0.2) is 4.79 Å². The highest BCUT2D eigenvalue weighted by molar-refractivity contribution is 5.94. The summed E-state index contributed by atoms with van der Waals surface area (Å²) in [6, 6.07) is 9.93. The zero-order valence-corrected chi connectivity index (χ0v) is 19.0. The van der Waals surface area contributed by atoms with E-state index in [1.807, 2.05) is 20.8 Å². The second kappa shape index (κ2) is 8.61. The molecular weight excluding hydrogens is 424 g/mol. The van der Waals surface area contributed by atoms with Gasteiger partial charge in [0, 0.05) is 36.0 Å². The number of hydrogen-bond donors (Lipinski definition) is 2. The first-order valence-electron chi connectivity index (χ1n) is 10.7. The lowest BCUT2D eigenvalue weighted by Gasteiger charge is -2.33. The zero-order chi connectivity index (χ0) is 23.8. The zero-order valence-electron chi connectivity index (χ0n) is 19.0. The predicted molar refractivity (Wildman–Crippen MR) is 125 cm³/mol. The Morgan fingerprint density at radius 1 is 1.09 bits per heavy atom. The number of hydrogen-bond acceptors (Lipinski definition) is 6. The molecule has 0 saturated heterocycles. The maximum atomic E-state index is 12.5. The summed E-state index contributed by atoms with van der Waals surface area (Å²) < 4.78 is 17.5. The Bertz CT molecular complexity index is 1290. The van der Waals surface area contributed by atoms with Gasteiger partial charge in [-0.05, 0) is 63.4 Å². The molecule has 0 radical (unpaired) electrons. The van der Waals surface area contributed by atoms with Gasteiger partial charge in [0.1, 0.15) is 22.7 Å². The van der Waals surface area contributed by atoms with E-state index >= 15 is 0 Å². The van der Waals surface area contributed by atoms with E-state index in [1.165, 1.54) is 13.0 Å². The highest BCUT2D eigenvalue weighted by Crippen LogP contribution is 2.42. The van der Waals surface area contributed by atoms with Crippen LogP contribution in [-0.2, 0) is 16.0 Å². The SMILES string of the molecule is CC(=O)Nc1ccc(NC(=O)COc2cc3c(c4oc(=O)cc(C)c24)CCC(C)(C)O3)cc1. The lowest BCUT2D eigenvalue weighted by atomic mass is 9.92. The number of aryl methyl sites for hydroxylation is 2. The number of benzene rings is 2. The van der Waals surface area contributed by atoms with Crippen molar-refractivity contribution in [1.82, 2.24) is 0 Å². The van der Waals surface area contributed by atoms with Gasteiger partial charge >= 0.3 is 5.63 Å². The number of rotatable bonds is 5. The van der Waals surface area contributed by atoms with Crippen LogP contribution in [0.3, 0.4) is 0 Å². The number of ether oxygens (including phenoxy) is 2. The Balaban J connectivity index is 1.56. The standard InChI is InChI=1S/C25H26N2O6/c1-14-11-22(30)32-24-18-9-10-25(3,4)33-19(18)12-20(23(14)24)31-13-21(29)27-17-7-5-16(6-8-17)26-15(2)28/h5-8,11-12H,9-10,13H2,1-4H3,(H,26,28)(H,27,29). The van der Waals surface area contributed by atoms with Crippen LogP contribution in [0, 0.1) is 6.92 Å². The van der Waals surface area contributed by atoms with Crippen molar-refractivity contribution < 1.29 is 23.5 Å². The van der Waals surface area contributed by atoms with Gasteiger partial charge in [-0.3, -0.25) is 9.59 Å². The minimum Gasteiger partial charge on any atom is -0.487 e. The molecule has 0 aliphatic carbocycles. The van der Waals surface area contributed by atoms with E-state index in [-0.39, 0.29) is 24.0 Å². The molecule has 0 spiro atoms. The summed E-state index contributed by atoms with van der Waals surface area (Å²) in [6.45, 7) is 6.98. The predicted octanol–water partition coefficient (Wildman–Crippen LogP) is 4.18. The van der Waals surface area contributed by atoms with Gasteiger partial charge in [-0.2, -0.15) is 0 Å². The van der Waals surface area contributed by atoms with E-state index in [4.69, 9.17) is 13.9 Å². The first-order chi connectivity index (χ1) is 15.6. The minimum absolute atomic E-state index is 0.170. The van der Waals surface area contributed by atoms with Crippen LogP contribution < -0.4 is 25.7 Å². The number of nitrogens with one attached hydrogen (secondary N) is 2. The number of amides is 2. The Labute approximate surface area is 190 Å². The van der Waals surface area contributed by atoms with Gasteiger partial charge in [0.2, 0.25) is 5.91 Å². The first kappa shape index (κ1) is 22.4. The molecule has 33 heavy (non-hydrogen) atoms. The molecule has 2 amide bonds. The van der Waals surface area contributed by atoms with Crippen LogP contribution in [0.15, 0.2) is 45.6 Å². The van der Waals surface area contributed by atoms with Crippen molar-refractivity contribution >= 4 is 34.2 Å². The molecule has 1 aliphatic rings. The van der Waals surface area contributed by atoms with E-state index in [0.717, 1.165) is 12.0 Å². The fraction of sp³-hybridized carbons (Fsp3) is 0.320. The molecule has 2 N–H and O–H groups in total. The molecule has 2 aromatic carbocycles. The van der Waals surface area contributed by atoms with E-state index in [9.17, 15) is 14.4 Å². The molecule has 0 unspecified atom stereocenters. The fourth-order valence-electron chi connectivity index (χ4n) is 3.91. The third-order valence-corrected chi connectivity index (χ3v) is 5.45. The summed E-state index contributed by atoms with van der Waals surface area (Å²) in [5.41, 5.74) is 2.39. The molecule has 1 aliphatic heterocycles. The fourth-order valence-corrected chi connectivity index (χ4v) is 3.91. The molecule has 8 nitrogen and oxygen atoms in total. The second-order valence-electron chi connectivity index (χ2n) is 8.76. The van der Waals surface area contributed by atoms with Crippen molar-refractivity contribution in [2.24, 2.45) is 0 Å². The van der Waals surface area contributed by atoms with Crippen LogP contribution in [0.4, 0.5) is 11.4 Å². The van der Waals surface area contributed by atoms with Crippen LogP contribution in [0.5, 0.6) is 11.5 Å². The third-order valence-electron chi connectivity index (χ3n) is 5.45. The molecule has 1 aromatic heterocycles. The number of anilines is 2. The molecular formula is C25H26N2O6. The van der Waals surface area contributed by atoms with Crippen LogP contribution in [0.2, 0.25) is 0 Å². The summed E-state index contributed by atoms with van der Waals surface area (Å²) in [7, 11) is 0. The van der Waals surface area contributed by atoms with Crippen LogP contribution in [-0.4, -0.2) is 24.0 Å². The third kappa shape index (κ3) is 5.00. The van der Waals surface area contributed by atoms with Gasteiger partial charge in [-0.1, -0.05) is 0 Å². The van der Waals surface area contributed by atoms with E-state index < -0.39 is 5.63 Å². The molecule has 0 atom stereocenters. The molecule has 3 aromatic rings. The van der Waals surface area contributed by atoms with Crippen molar-refractivity contribution in [3.8, 4) is 11.5 Å². The number of carbonyl (C=O) groups excluding carboxylic acids is 2. The van der Waals surface area contributed by atoms with E-state index in [2.05, 4.69) is 10.6 Å². The number of fused-ring (bicyclic) bond motifs is 3. The first-order valence-corrected chi connectivity index (χ1v) is 10.7. The highest BCUT2D eigenvalue weighted by atomic mass is 16.5. The normalized spacial score (nSPS) is 14.2. The van der Waals surface area contributed by atoms with E-state index in [1.54, 1.807) is 30.3 Å². The Kier molecular flexibility index (Phi) is 5.84. The van der Waals surface area contributed by atoms with Gasteiger partial charge in [0.05, 0.1) is 5.39 Å². The molecule has 0 saturated carbocycles. The Morgan fingerprint density at radius 2 is 1.76 bits per heavy atom. The highest BCUT2D eigenvalue weighted by Gasteiger charge is 2.30. The molecule has 4 rings (SSSR count). The van der Waals surface area contributed by atoms with Gasteiger partial charge < -0.3 is 24.5 Å². The molecule has 0 bridgehead atoms. The molecule has 8 heteroatoms. The van der Waals surface area contributed by atoms with E-state index in [0.29, 0.717) is 45.8 Å². The maximum Gasteiger partial charge on any atom is 0.336 e. The average molecular weight is 450 g/mol. The average Bonchev–Trinajstić information content (AvgIpc) is 2.71. The largest absolute Gasteiger partial charge is 0.487 e. The van der Waals surface area contributed by atoms with Gasteiger partial charge in [-0.15, -0.1) is 0 Å². The Morgan fingerprint density at radius 3 is 2.42 bits per heavy atom. The minimum atomic E-state index is -0.440. The lowest BCUT2D eigenvalue weighted by molar-refractivity contribution is -0.118. The maximum absolute atomic E-state index is 12.5. The van der Waals surface area contributed by atoms with Crippen molar-refractivity contribution in [1.29, 1.82) is 0 Å². The summed E-state index contributed by atoms with van der Waals surface area (Å²) in [5, 5.41) is 6.08. The summed E-state index contributed by atoms with van der Waals surface area (Å²) in [6.07, 6.45) is 1.50. The molecule has 2 heterocycles. The van der Waals surface area contributed by atoms with Crippen molar-refractivity contribution in [2.45, 2.75) is 46.1 Å². The van der Waals surface area contributed by atoms with Gasteiger partial charge in [0.15, 0.2) is 6.61 Å². The lowest BCUT2D eigenvalue weighted by Crippen LogP contribution is -2.32. The molecule has 0 fully saturated rings. The monoisotopic (exact) mass is 450 g/mol. The second-order valence-corrected chi connectivity index (χ2v) is 8.76. The summed E-state index contributed by atoms with van der Waals surface area (Å²) in [4.78, 5) is 35.7. The quantitative estimate of drug-likeness (QED) is 0.565. The van der Waals surface area contributed by atoms with Crippen LogP contribution in [0.25, 0.3) is 11.0 Å².